The molecular formula is C13H12Br2N2O2S. The molecule has 0 aliphatic carbocycles. The summed E-state index contributed by atoms with van der Waals surface area (Å²) in [5.74, 6) is 0. The Labute approximate surface area is 135 Å². The van der Waals surface area contributed by atoms with Crippen LogP contribution in [0, 0.1) is 0 Å². The summed E-state index contributed by atoms with van der Waals surface area (Å²) in [5, 5.41) is 0. The minimum atomic E-state index is -3.56. The summed E-state index contributed by atoms with van der Waals surface area (Å²) in [6.07, 6.45) is 3.31. The van der Waals surface area contributed by atoms with Gasteiger partial charge >= 0.3 is 0 Å². The van der Waals surface area contributed by atoms with Crippen molar-refractivity contribution in [2.75, 3.05) is 7.05 Å². The number of halogens is 2. The van der Waals surface area contributed by atoms with Crippen molar-refractivity contribution in [2.24, 2.45) is 0 Å². The number of hydrogen-bond donors (Lipinski definition) is 0. The van der Waals surface area contributed by atoms with Crippen LogP contribution in [0.3, 0.4) is 0 Å². The summed E-state index contributed by atoms with van der Waals surface area (Å²) >= 11 is 6.57. The summed E-state index contributed by atoms with van der Waals surface area (Å²) in [7, 11) is -2.01. The van der Waals surface area contributed by atoms with E-state index in [4.69, 9.17) is 0 Å². The van der Waals surface area contributed by atoms with Crippen molar-refractivity contribution in [1.29, 1.82) is 0 Å². The van der Waals surface area contributed by atoms with Crippen LogP contribution < -0.4 is 0 Å². The second kappa shape index (κ2) is 6.34. The fraction of sp³-hybridized carbons (Fsp3) is 0.154. The van der Waals surface area contributed by atoms with Gasteiger partial charge in [-0.3, -0.25) is 4.98 Å². The molecule has 0 amide bonds. The molecule has 0 N–H and O–H groups in total. The van der Waals surface area contributed by atoms with E-state index in [2.05, 4.69) is 36.8 Å². The molecule has 0 spiro atoms. The van der Waals surface area contributed by atoms with E-state index in [1.807, 2.05) is 6.07 Å². The third-order valence-electron chi connectivity index (χ3n) is 2.71. The number of aromatic nitrogens is 1. The maximum atomic E-state index is 12.6. The highest BCUT2D eigenvalue weighted by atomic mass is 79.9. The number of rotatable bonds is 4. The van der Waals surface area contributed by atoms with E-state index >= 15 is 0 Å². The van der Waals surface area contributed by atoms with Gasteiger partial charge in [0.1, 0.15) is 0 Å². The predicted octanol–water partition coefficient (Wildman–Crippen LogP) is 3.43. The maximum Gasteiger partial charge on any atom is 0.244 e. The van der Waals surface area contributed by atoms with E-state index in [0.717, 1.165) is 5.56 Å². The third kappa shape index (κ3) is 3.46. The van der Waals surface area contributed by atoms with Crippen molar-refractivity contribution < 1.29 is 8.42 Å². The molecule has 1 aromatic carbocycles. The first-order chi connectivity index (χ1) is 9.41. The lowest BCUT2D eigenvalue weighted by Crippen LogP contribution is -2.26. The smallest absolute Gasteiger partial charge is 0.244 e. The van der Waals surface area contributed by atoms with Gasteiger partial charge in [-0.15, -0.1) is 0 Å². The lowest BCUT2D eigenvalue weighted by molar-refractivity contribution is 0.466. The van der Waals surface area contributed by atoms with E-state index in [1.54, 1.807) is 43.7 Å². The van der Waals surface area contributed by atoms with Gasteiger partial charge in [0.2, 0.25) is 10.0 Å². The molecule has 4 nitrogen and oxygen atoms in total. The molecule has 0 unspecified atom stereocenters. The van der Waals surface area contributed by atoms with Gasteiger partial charge in [0.15, 0.2) is 0 Å². The van der Waals surface area contributed by atoms with Crippen LogP contribution in [0.15, 0.2) is 56.6 Å². The van der Waals surface area contributed by atoms with Crippen LogP contribution >= 0.6 is 31.9 Å². The average molecular weight is 420 g/mol. The summed E-state index contributed by atoms with van der Waals surface area (Å²) in [5.41, 5.74) is 0.838. The molecule has 7 heteroatoms. The molecule has 2 aromatic rings. The highest BCUT2D eigenvalue weighted by Crippen LogP contribution is 2.28. The lowest BCUT2D eigenvalue weighted by Gasteiger charge is -2.18. The number of hydrogen-bond acceptors (Lipinski definition) is 3. The zero-order chi connectivity index (χ0) is 14.8. The second-order valence-corrected chi connectivity index (χ2v) is 7.98. The maximum absolute atomic E-state index is 12.6. The first-order valence-corrected chi connectivity index (χ1v) is 8.74. The van der Waals surface area contributed by atoms with E-state index in [1.165, 1.54) is 4.31 Å². The summed E-state index contributed by atoms with van der Waals surface area (Å²) in [6.45, 7) is 0.273. The Morgan fingerprint density at radius 1 is 1.25 bits per heavy atom. The van der Waals surface area contributed by atoms with Gasteiger partial charge in [0.05, 0.1) is 4.90 Å². The van der Waals surface area contributed by atoms with Gasteiger partial charge < -0.3 is 0 Å². The van der Waals surface area contributed by atoms with Gasteiger partial charge in [0.25, 0.3) is 0 Å². The largest absolute Gasteiger partial charge is 0.264 e. The predicted molar refractivity (Wildman–Crippen MR) is 84.7 cm³/mol. The standard InChI is InChI=1S/C13H12Br2N2O2S/c1-17(9-10-3-2-6-16-8-10)20(18,19)13-7-11(14)4-5-12(13)15/h2-8H,9H2,1H3. The minimum absolute atomic E-state index is 0.235. The molecule has 0 saturated heterocycles. The Morgan fingerprint density at radius 2 is 2.00 bits per heavy atom. The van der Waals surface area contributed by atoms with Crippen LogP contribution in [0.1, 0.15) is 5.56 Å². The number of nitrogens with zero attached hydrogens (tertiary/aromatic N) is 2. The van der Waals surface area contributed by atoms with Gasteiger partial charge in [-0.1, -0.05) is 22.0 Å². The van der Waals surface area contributed by atoms with Gasteiger partial charge in [-0.05, 0) is 45.8 Å². The van der Waals surface area contributed by atoms with Gasteiger partial charge in [-0.25, -0.2) is 8.42 Å². The van der Waals surface area contributed by atoms with E-state index < -0.39 is 10.0 Å². The fourth-order valence-electron chi connectivity index (χ4n) is 1.68. The van der Waals surface area contributed by atoms with Crippen molar-refractivity contribution in [2.45, 2.75) is 11.4 Å². The van der Waals surface area contributed by atoms with Crippen LogP contribution in [0.2, 0.25) is 0 Å². The van der Waals surface area contributed by atoms with E-state index in [0.29, 0.717) is 8.95 Å². The highest BCUT2D eigenvalue weighted by Gasteiger charge is 2.23. The zero-order valence-corrected chi connectivity index (χ0v) is 14.6. The number of benzene rings is 1. The normalized spacial score (nSPS) is 11.8. The molecule has 1 aromatic heterocycles. The topological polar surface area (TPSA) is 50.3 Å². The van der Waals surface area contributed by atoms with E-state index in [9.17, 15) is 8.42 Å². The zero-order valence-electron chi connectivity index (χ0n) is 10.6. The Morgan fingerprint density at radius 3 is 2.65 bits per heavy atom. The fourth-order valence-corrected chi connectivity index (χ4v) is 4.29. The molecule has 1 heterocycles. The van der Waals surface area contributed by atoms with Crippen molar-refractivity contribution >= 4 is 41.9 Å². The Hall–Kier alpha value is -0.760. The SMILES string of the molecule is CN(Cc1cccnc1)S(=O)(=O)c1cc(Br)ccc1Br. The first-order valence-electron chi connectivity index (χ1n) is 5.71. The van der Waals surface area contributed by atoms with Crippen molar-refractivity contribution in [3.8, 4) is 0 Å². The molecule has 0 bridgehead atoms. The lowest BCUT2D eigenvalue weighted by atomic mass is 10.3. The molecule has 0 radical (unpaired) electrons. The number of sulfonamides is 1. The van der Waals surface area contributed by atoms with Crippen LogP contribution in [0.5, 0.6) is 0 Å². The number of pyridine rings is 1. The molecular weight excluding hydrogens is 408 g/mol. The van der Waals surface area contributed by atoms with Crippen molar-refractivity contribution in [3.63, 3.8) is 0 Å². The summed E-state index contributed by atoms with van der Waals surface area (Å²) < 4.78 is 27.7. The summed E-state index contributed by atoms with van der Waals surface area (Å²) in [4.78, 5) is 4.22. The quantitative estimate of drug-likeness (QED) is 0.762. The van der Waals surface area contributed by atoms with Gasteiger partial charge in [-0.2, -0.15) is 4.31 Å². The molecule has 106 valence electrons. The average Bonchev–Trinajstić information content (AvgIpc) is 2.42. The minimum Gasteiger partial charge on any atom is -0.264 e. The molecule has 0 aliphatic heterocycles. The molecule has 2 rings (SSSR count). The van der Waals surface area contributed by atoms with E-state index in [-0.39, 0.29) is 11.4 Å². The molecule has 0 fully saturated rings. The third-order valence-corrected chi connectivity index (χ3v) is 6.00. The molecule has 0 atom stereocenters. The molecule has 20 heavy (non-hydrogen) atoms. The first kappa shape index (κ1) is 15.6. The summed E-state index contributed by atoms with van der Waals surface area (Å²) in [6, 6.07) is 8.69. The Balaban J connectivity index is 2.32. The van der Waals surface area contributed by atoms with Crippen LogP contribution in [-0.4, -0.2) is 24.8 Å². The van der Waals surface area contributed by atoms with Crippen LogP contribution in [0.25, 0.3) is 0 Å². The molecule has 0 saturated carbocycles. The van der Waals surface area contributed by atoms with Crippen LogP contribution in [-0.2, 0) is 16.6 Å². The molecule has 0 aliphatic rings. The van der Waals surface area contributed by atoms with Crippen molar-refractivity contribution in [3.05, 3.63) is 57.2 Å². The van der Waals surface area contributed by atoms with Crippen molar-refractivity contribution in [1.82, 2.24) is 9.29 Å². The Kier molecular flexibility index (Phi) is 4.95. The second-order valence-electron chi connectivity index (χ2n) is 4.20. The van der Waals surface area contributed by atoms with Gasteiger partial charge in [0, 0.05) is 34.9 Å². The van der Waals surface area contributed by atoms with Crippen LogP contribution in [0.4, 0.5) is 0 Å². The Bertz CT molecular complexity index is 706. The highest BCUT2D eigenvalue weighted by molar-refractivity contribution is 9.11. The monoisotopic (exact) mass is 418 g/mol.